The number of benzene rings is 2. The Morgan fingerprint density at radius 1 is 1.17 bits per heavy atom. The van der Waals surface area contributed by atoms with Gasteiger partial charge in [0.05, 0.1) is 4.92 Å². The predicted octanol–water partition coefficient (Wildman–Crippen LogP) is 4.04. The zero-order chi connectivity index (χ0) is 13.1. The van der Waals surface area contributed by atoms with Gasteiger partial charge in [-0.2, -0.15) is 0 Å². The third-order valence-electron chi connectivity index (χ3n) is 2.62. The van der Waals surface area contributed by atoms with Crippen molar-refractivity contribution in [2.75, 3.05) is 0 Å². The van der Waals surface area contributed by atoms with Gasteiger partial charge >= 0.3 is 0 Å². The molecule has 0 amide bonds. The lowest BCUT2D eigenvalue weighted by molar-refractivity contribution is -0.384. The van der Waals surface area contributed by atoms with Gasteiger partial charge in [-0.3, -0.25) is 10.1 Å². The maximum absolute atomic E-state index is 13.7. The molecule has 0 aromatic heterocycles. The molecule has 0 unspecified atom stereocenters. The molecule has 0 spiro atoms. The van der Waals surface area contributed by atoms with Crippen LogP contribution in [0.2, 0.25) is 0 Å². The lowest BCUT2D eigenvalue weighted by Gasteiger charge is -2.04. The Bertz CT molecular complexity index is 606. The lowest BCUT2D eigenvalue weighted by atomic mass is 10.0. The number of non-ortho nitro benzene ring substituents is 1. The van der Waals surface area contributed by atoms with Gasteiger partial charge in [0, 0.05) is 17.7 Å². The lowest BCUT2D eigenvalue weighted by Crippen LogP contribution is -1.91. The van der Waals surface area contributed by atoms with Crippen LogP contribution < -0.4 is 0 Å². The first-order valence-electron chi connectivity index (χ1n) is 5.28. The smallest absolute Gasteiger partial charge is 0.258 e. The quantitative estimate of drug-likeness (QED) is 0.603. The average molecular weight is 243 g/mol. The fourth-order valence-electron chi connectivity index (χ4n) is 1.65. The summed E-state index contributed by atoms with van der Waals surface area (Å²) < 4.78 is 13.7. The topological polar surface area (TPSA) is 43.1 Å². The van der Waals surface area contributed by atoms with Crippen molar-refractivity contribution in [2.24, 2.45) is 0 Å². The van der Waals surface area contributed by atoms with Gasteiger partial charge in [-0.1, -0.05) is 36.9 Å². The summed E-state index contributed by atoms with van der Waals surface area (Å²) in [4.78, 5) is 10.1. The highest BCUT2D eigenvalue weighted by molar-refractivity contribution is 5.68. The first kappa shape index (κ1) is 12.0. The highest BCUT2D eigenvalue weighted by Crippen LogP contribution is 2.27. The maximum Gasteiger partial charge on any atom is 0.270 e. The zero-order valence-electron chi connectivity index (χ0n) is 9.47. The molecular weight excluding hydrogens is 233 g/mol. The van der Waals surface area contributed by atoms with Crippen LogP contribution in [0.15, 0.2) is 49.0 Å². The molecule has 0 aliphatic heterocycles. The van der Waals surface area contributed by atoms with Crippen LogP contribution in [0.4, 0.5) is 10.1 Å². The Labute approximate surface area is 103 Å². The minimum absolute atomic E-state index is 0.126. The number of nitrogens with zero attached hydrogens (tertiary/aromatic N) is 1. The molecule has 0 atom stereocenters. The summed E-state index contributed by atoms with van der Waals surface area (Å²) in [5.41, 5.74) is 1.60. The molecule has 0 bridgehead atoms. The van der Waals surface area contributed by atoms with Crippen LogP contribution in [-0.4, -0.2) is 4.92 Å². The van der Waals surface area contributed by atoms with Crippen molar-refractivity contribution in [3.63, 3.8) is 0 Å². The first-order chi connectivity index (χ1) is 8.61. The number of nitro benzene ring substituents is 1. The second kappa shape index (κ2) is 4.79. The molecule has 0 saturated heterocycles. The molecule has 4 heteroatoms. The Balaban J connectivity index is 2.51. The monoisotopic (exact) mass is 243 g/mol. The number of halogens is 1. The van der Waals surface area contributed by atoms with Crippen molar-refractivity contribution in [2.45, 2.75) is 0 Å². The normalized spacial score (nSPS) is 10.1. The standard InChI is InChI=1S/C14H10FNO2/c1-2-10-3-5-11(6-4-10)13-9-12(16(17)18)7-8-14(13)15/h2-9H,1H2. The molecule has 0 radical (unpaired) electrons. The molecule has 2 aromatic carbocycles. The molecule has 0 fully saturated rings. The highest BCUT2D eigenvalue weighted by Gasteiger charge is 2.12. The van der Waals surface area contributed by atoms with Crippen LogP contribution in [0.3, 0.4) is 0 Å². The van der Waals surface area contributed by atoms with Crippen molar-refractivity contribution >= 4 is 11.8 Å². The van der Waals surface area contributed by atoms with Crippen molar-refractivity contribution in [3.05, 3.63) is 70.5 Å². The second-order valence-corrected chi connectivity index (χ2v) is 3.75. The Kier molecular flexibility index (Phi) is 3.19. The Hall–Kier alpha value is -2.49. The number of nitro groups is 1. The van der Waals surface area contributed by atoms with E-state index in [2.05, 4.69) is 6.58 Å². The van der Waals surface area contributed by atoms with E-state index in [1.54, 1.807) is 30.3 Å². The molecule has 0 heterocycles. The minimum Gasteiger partial charge on any atom is -0.258 e. The molecule has 0 aliphatic carbocycles. The molecule has 18 heavy (non-hydrogen) atoms. The van der Waals surface area contributed by atoms with Gasteiger partial charge in [0.1, 0.15) is 5.82 Å². The Morgan fingerprint density at radius 2 is 1.83 bits per heavy atom. The van der Waals surface area contributed by atoms with Crippen LogP contribution in [0, 0.1) is 15.9 Å². The van der Waals surface area contributed by atoms with Gasteiger partial charge < -0.3 is 0 Å². The number of rotatable bonds is 3. The number of hydrogen-bond donors (Lipinski definition) is 0. The summed E-state index contributed by atoms with van der Waals surface area (Å²) in [6.45, 7) is 3.62. The molecule has 0 aliphatic rings. The molecule has 0 saturated carbocycles. The van der Waals surface area contributed by atoms with E-state index in [0.717, 1.165) is 17.7 Å². The number of hydrogen-bond acceptors (Lipinski definition) is 2. The van der Waals surface area contributed by atoms with Gasteiger partial charge in [-0.15, -0.1) is 0 Å². The van der Waals surface area contributed by atoms with E-state index in [1.165, 1.54) is 6.07 Å². The molecule has 3 nitrogen and oxygen atoms in total. The van der Waals surface area contributed by atoms with Crippen LogP contribution in [0.5, 0.6) is 0 Å². The van der Waals surface area contributed by atoms with E-state index in [9.17, 15) is 14.5 Å². The first-order valence-corrected chi connectivity index (χ1v) is 5.28. The van der Waals surface area contributed by atoms with Crippen LogP contribution in [-0.2, 0) is 0 Å². The van der Waals surface area contributed by atoms with E-state index in [-0.39, 0.29) is 11.3 Å². The SMILES string of the molecule is C=Cc1ccc(-c2cc([N+](=O)[O-])ccc2F)cc1. The van der Waals surface area contributed by atoms with E-state index in [1.807, 2.05) is 0 Å². The molecule has 0 N–H and O–H groups in total. The minimum atomic E-state index is -0.541. The second-order valence-electron chi connectivity index (χ2n) is 3.75. The summed E-state index contributed by atoms with van der Waals surface area (Å²) in [7, 11) is 0. The zero-order valence-corrected chi connectivity index (χ0v) is 9.47. The molecule has 2 aromatic rings. The predicted molar refractivity (Wildman–Crippen MR) is 68.6 cm³/mol. The van der Waals surface area contributed by atoms with Gasteiger partial charge in [-0.05, 0) is 17.2 Å². The van der Waals surface area contributed by atoms with E-state index in [0.29, 0.717) is 5.56 Å². The molecular formula is C14H10FNO2. The van der Waals surface area contributed by atoms with E-state index >= 15 is 0 Å². The third-order valence-corrected chi connectivity index (χ3v) is 2.62. The summed E-state index contributed by atoms with van der Waals surface area (Å²) in [5, 5.41) is 10.7. The summed E-state index contributed by atoms with van der Waals surface area (Å²) in [5.74, 6) is -0.480. The highest BCUT2D eigenvalue weighted by atomic mass is 19.1. The average Bonchev–Trinajstić information content (AvgIpc) is 2.39. The third kappa shape index (κ3) is 2.27. The summed E-state index contributed by atoms with van der Waals surface area (Å²) in [6.07, 6.45) is 1.67. The molecule has 2 rings (SSSR count). The van der Waals surface area contributed by atoms with E-state index in [4.69, 9.17) is 0 Å². The maximum atomic E-state index is 13.7. The van der Waals surface area contributed by atoms with Gasteiger partial charge in [0.25, 0.3) is 5.69 Å². The van der Waals surface area contributed by atoms with Crippen molar-refractivity contribution in [1.29, 1.82) is 0 Å². The summed E-state index contributed by atoms with van der Waals surface area (Å²) in [6, 6.07) is 10.5. The molecule has 90 valence electrons. The Morgan fingerprint density at radius 3 is 2.39 bits per heavy atom. The fraction of sp³-hybridized carbons (Fsp3) is 0. The van der Waals surface area contributed by atoms with Gasteiger partial charge in [0.15, 0.2) is 0 Å². The van der Waals surface area contributed by atoms with Gasteiger partial charge in [-0.25, -0.2) is 4.39 Å². The van der Waals surface area contributed by atoms with Crippen molar-refractivity contribution in [1.82, 2.24) is 0 Å². The van der Waals surface area contributed by atoms with Crippen LogP contribution in [0.1, 0.15) is 5.56 Å². The largest absolute Gasteiger partial charge is 0.270 e. The fourth-order valence-corrected chi connectivity index (χ4v) is 1.65. The van der Waals surface area contributed by atoms with Crippen molar-refractivity contribution in [3.8, 4) is 11.1 Å². The van der Waals surface area contributed by atoms with Gasteiger partial charge in [0.2, 0.25) is 0 Å². The van der Waals surface area contributed by atoms with Crippen LogP contribution in [0.25, 0.3) is 17.2 Å². The van der Waals surface area contributed by atoms with Crippen LogP contribution >= 0.6 is 0 Å². The van der Waals surface area contributed by atoms with Crippen molar-refractivity contribution < 1.29 is 9.31 Å². The summed E-state index contributed by atoms with van der Waals surface area (Å²) >= 11 is 0. The van der Waals surface area contributed by atoms with E-state index < -0.39 is 10.7 Å².